The number of hydrogen-bond donors (Lipinski definition) is 0. The minimum absolute atomic E-state index is 0.194. The summed E-state index contributed by atoms with van der Waals surface area (Å²) in [7, 11) is 3.86. The molecule has 8 heteroatoms. The van der Waals surface area contributed by atoms with E-state index in [0.717, 1.165) is 52.9 Å². The average molecular weight is 416 g/mol. The van der Waals surface area contributed by atoms with E-state index in [0.29, 0.717) is 6.54 Å². The number of likely N-dealkylation sites (N-methyl/N-ethyl adjacent to an activating group) is 1. The average Bonchev–Trinajstić information content (AvgIpc) is 3.30. The van der Waals surface area contributed by atoms with Crippen LogP contribution in [0.5, 0.6) is 0 Å². The highest BCUT2D eigenvalue weighted by atomic mass is 32.1. The molecule has 0 aromatic carbocycles. The molecule has 1 aliphatic rings. The Hall–Kier alpha value is -2.03. The van der Waals surface area contributed by atoms with Gasteiger partial charge in [0.05, 0.1) is 16.8 Å². The summed E-state index contributed by atoms with van der Waals surface area (Å²) in [5, 5.41) is 3.22. The van der Waals surface area contributed by atoms with Gasteiger partial charge in [-0.25, -0.2) is 9.97 Å². The fourth-order valence-corrected chi connectivity index (χ4v) is 5.19. The first-order valence-corrected chi connectivity index (χ1v) is 11.1. The molecule has 0 saturated carbocycles. The van der Waals surface area contributed by atoms with E-state index in [9.17, 15) is 4.79 Å². The van der Waals surface area contributed by atoms with Gasteiger partial charge in [0.15, 0.2) is 5.82 Å². The zero-order chi connectivity index (χ0) is 19.8. The van der Waals surface area contributed by atoms with Gasteiger partial charge in [-0.15, -0.1) is 22.7 Å². The van der Waals surface area contributed by atoms with Crippen LogP contribution in [0, 0.1) is 13.8 Å². The summed E-state index contributed by atoms with van der Waals surface area (Å²) in [4.78, 5) is 31.8. The third-order valence-electron chi connectivity index (χ3n) is 5.13. The number of carbonyl (C=O) groups excluding carboxylic acids is 1. The molecular formula is C20H25N5OS2. The number of rotatable bonds is 4. The molecule has 3 aromatic rings. The Bertz CT molecular complexity index is 988. The number of nitrogens with zero attached hydrogens (tertiary/aromatic N) is 5. The normalized spacial score (nSPS) is 15.0. The van der Waals surface area contributed by atoms with E-state index in [4.69, 9.17) is 9.97 Å². The number of fused-ring (bicyclic) bond motifs is 1. The minimum Gasteiger partial charge on any atom is -0.352 e. The smallest absolute Gasteiger partial charge is 0.236 e. The van der Waals surface area contributed by atoms with Crippen molar-refractivity contribution in [1.29, 1.82) is 0 Å². The Morgan fingerprint density at radius 2 is 1.93 bits per heavy atom. The number of thiophene rings is 2. The lowest BCUT2D eigenvalue weighted by Gasteiger charge is -2.36. The van der Waals surface area contributed by atoms with Gasteiger partial charge in [0.1, 0.15) is 10.6 Å². The lowest BCUT2D eigenvalue weighted by Crippen LogP contribution is -2.51. The highest BCUT2D eigenvalue weighted by molar-refractivity contribution is 7.19. The molecule has 1 saturated heterocycles. The van der Waals surface area contributed by atoms with Gasteiger partial charge in [0.2, 0.25) is 5.91 Å². The van der Waals surface area contributed by atoms with Gasteiger partial charge < -0.3 is 14.7 Å². The fraction of sp³-hybridized carbons (Fsp3) is 0.450. The highest BCUT2D eigenvalue weighted by Crippen LogP contribution is 2.37. The van der Waals surface area contributed by atoms with Gasteiger partial charge in [-0.3, -0.25) is 4.79 Å². The minimum atomic E-state index is 0.194. The number of aromatic nitrogens is 2. The van der Waals surface area contributed by atoms with Gasteiger partial charge in [0.25, 0.3) is 0 Å². The molecule has 0 radical (unpaired) electrons. The second kappa shape index (κ2) is 7.77. The molecule has 1 amide bonds. The van der Waals surface area contributed by atoms with Crippen LogP contribution in [0.4, 0.5) is 5.82 Å². The first-order valence-electron chi connectivity index (χ1n) is 9.43. The summed E-state index contributed by atoms with van der Waals surface area (Å²) in [5.41, 5.74) is 1.26. The van der Waals surface area contributed by atoms with Gasteiger partial charge in [-0.05, 0) is 45.0 Å². The Morgan fingerprint density at radius 3 is 2.57 bits per heavy atom. The van der Waals surface area contributed by atoms with E-state index < -0.39 is 0 Å². The molecule has 0 bridgehead atoms. The third kappa shape index (κ3) is 3.64. The third-order valence-corrected chi connectivity index (χ3v) is 7.10. The molecule has 1 fully saturated rings. The zero-order valence-corrected chi connectivity index (χ0v) is 18.4. The van der Waals surface area contributed by atoms with Crippen LogP contribution < -0.4 is 4.90 Å². The van der Waals surface area contributed by atoms with E-state index in [2.05, 4.69) is 30.2 Å². The summed E-state index contributed by atoms with van der Waals surface area (Å²) in [5.74, 6) is 2.00. The van der Waals surface area contributed by atoms with Gasteiger partial charge in [0, 0.05) is 31.1 Å². The Labute approximate surface area is 173 Å². The number of hydrogen-bond acceptors (Lipinski definition) is 7. The maximum atomic E-state index is 12.4. The van der Waals surface area contributed by atoms with Crippen molar-refractivity contribution in [3.8, 4) is 10.7 Å². The number of carbonyl (C=O) groups is 1. The number of anilines is 1. The predicted octanol–water partition coefficient (Wildman–Crippen LogP) is 3.25. The van der Waals surface area contributed by atoms with Crippen LogP contribution in [-0.2, 0) is 4.79 Å². The standard InChI is InChI=1S/C20H25N5OS2/c1-13-14(2)28-20-17(13)19(21-18(22-20)15-6-5-11-27-15)25-9-7-24(8-10-25)16(26)12-23(3)4/h5-6,11H,7-10,12H2,1-4H3. The van der Waals surface area contributed by atoms with Crippen molar-refractivity contribution in [2.45, 2.75) is 13.8 Å². The van der Waals surface area contributed by atoms with Crippen molar-refractivity contribution in [1.82, 2.24) is 19.8 Å². The van der Waals surface area contributed by atoms with Crippen molar-refractivity contribution in [3.05, 3.63) is 28.0 Å². The molecule has 0 aliphatic carbocycles. The quantitative estimate of drug-likeness (QED) is 0.655. The van der Waals surface area contributed by atoms with Crippen molar-refractivity contribution < 1.29 is 4.79 Å². The Kier molecular flexibility index (Phi) is 5.35. The van der Waals surface area contributed by atoms with E-state index in [1.54, 1.807) is 22.7 Å². The second-order valence-corrected chi connectivity index (χ2v) is 9.57. The lowest BCUT2D eigenvalue weighted by atomic mass is 10.2. The molecular weight excluding hydrogens is 390 g/mol. The van der Waals surface area contributed by atoms with Crippen molar-refractivity contribution in [2.75, 3.05) is 51.7 Å². The summed E-state index contributed by atoms with van der Waals surface area (Å²) in [6.07, 6.45) is 0. The molecule has 3 aromatic heterocycles. The molecule has 0 atom stereocenters. The van der Waals surface area contributed by atoms with Gasteiger partial charge in [-0.1, -0.05) is 6.07 Å². The van der Waals surface area contributed by atoms with E-state index in [-0.39, 0.29) is 5.91 Å². The summed E-state index contributed by atoms with van der Waals surface area (Å²) in [6, 6.07) is 4.11. The van der Waals surface area contributed by atoms with Crippen molar-refractivity contribution in [3.63, 3.8) is 0 Å². The summed E-state index contributed by atoms with van der Waals surface area (Å²) < 4.78 is 0. The maximum Gasteiger partial charge on any atom is 0.236 e. The molecule has 0 unspecified atom stereocenters. The topological polar surface area (TPSA) is 52.6 Å². The Balaban J connectivity index is 1.66. The van der Waals surface area contributed by atoms with Crippen LogP contribution in [0.1, 0.15) is 10.4 Å². The number of amides is 1. The molecule has 4 heterocycles. The SMILES string of the molecule is Cc1sc2nc(-c3cccs3)nc(N3CCN(C(=O)CN(C)C)CC3)c2c1C. The van der Waals surface area contributed by atoms with E-state index >= 15 is 0 Å². The van der Waals surface area contributed by atoms with Crippen LogP contribution in [0.2, 0.25) is 0 Å². The zero-order valence-electron chi connectivity index (χ0n) is 16.7. The highest BCUT2D eigenvalue weighted by Gasteiger charge is 2.25. The van der Waals surface area contributed by atoms with E-state index in [1.165, 1.54) is 10.4 Å². The Morgan fingerprint density at radius 1 is 1.18 bits per heavy atom. The van der Waals surface area contributed by atoms with Crippen LogP contribution in [0.3, 0.4) is 0 Å². The van der Waals surface area contributed by atoms with E-state index in [1.807, 2.05) is 30.0 Å². The largest absolute Gasteiger partial charge is 0.352 e. The van der Waals surface area contributed by atoms with Crippen LogP contribution in [0.25, 0.3) is 20.9 Å². The van der Waals surface area contributed by atoms with Crippen LogP contribution in [-0.4, -0.2) is 72.5 Å². The van der Waals surface area contributed by atoms with Crippen LogP contribution >= 0.6 is 22.7 Å². The molecule has 4 rings (SSSR count). The lowest BCUT2D eigenvalue weighted by molar-refractivity contribution is -0.132. The second-order valence-electron chi connectivity index (χ2n) is 7.42. The van der Waals surface area contributed by atoms with Crippen molar-refractivity contribution >= 4 is 44.6 Å². The molecule has 148 valence electrons. The monoisotopic (exact) mass is 415 g/mol. The van der Waals surface area contributed by atoms with Gasteiger partial charge in [-0.2, -0.15) is 0 Å². The van der Waals surface area contributed by atoms with Crippen LogP contribution in [0.15, 0.2) is 17.5 Å². The summed E-state index contributed by atoms with van der Waals surface area (Å²) in [6.45, 7) is 7.82. The number of aryl methyl sites for hydroxylation is 2. The van der Waals surface area contributed by atoms with Gasteiger partial charge >= 0.3 is 0 Å². The first kappa shape index (κ1) is 19.3. The molecule has 0 spiro atoms. The number of piperazine rings is 1. The maximum absolute atomic E-state index is 12.4. The molecule has 0 N–H and O–H groups in total. The fourth-order valence-electron chi connectivity index (χ4n) is 3.51. The summed E-state index contributed by atoms with van der Waals surface area (Å²) >= 11 is 3.40. The molecule has 6 nitrogen and oxygen atoms in total. The predicted molar refractivity (Wildman–Crippen MR) is 118 cm³/mol. The van der Waals surface area contributed by atoms with Crippen molar-refractivity contribution in [2.24, 2.45) is 0 Å². The molecule has 28 heavy (non-hydrogen) atoms. The molecule has 1 aliphatic heterocycles. The first-order chi connectivity index (χ1) is 13.4.